The minimum absolute atomic E-state index is 0.209. The number of benzene rings is 2. The molecule has 0 unspecified atom stereocenters. The molecule has 0 aromatic heterocycles. The molecule has 26 heavy (non-hydrogen) atoms. The van der Waals surface area contributed by atoms with Crippen molar-refractivity contribution in [3.63, 3.8) is 0 Å². The molecule has 10 nitrogen and oxygen atoms in total. The molecule has 0 radical (unpaired) electrons. The van der Waals surface area contributed by atoms with E-state index in [-0.39, 0.29) is 10.7 Å². The highest BCUT2D eigenvalue weighted by Gasteiger charge is 2.22. The van der Waals surface area contributed by atoms with E-state index in [1.165, 1.54) is 0 Å². The van der Waals surface area contributed by atoms with E-state index in [0.717, 1.165) is 36.4 Å². The number of nitrogens with one attached hydrogen (secondary N) is 1. The third-order valence-electron chi connectivity index (χ3n) is 3.11. The van der Waals surface area contributed by atoms with Crippen LogP contribution in [0.1, 0.15) is 20.7 Å². The normalized spacial score (nSPS) is 11.0. The van der Waals surface area contributed by atoms with Gasteiger partial charge in [0.15, 0.2) is 0 Å². The third kappa shape index (κ3) is 4.07. The smallest absolute Gasteiger partial charge is 0.335 e. The SMILES string of the molecule is O=C(O)c1cc(C(=O)O)cc(S(=O)(=O)Nc2ccc(Cl)c([N+](=O)[O-])c2)c1. The minimum atomic E-state index is -4.42. The molecule has 0 amide bonds. The molecular weight excluding hydrogens is 392 g/mol. The largest absolute Gasteiger partial charge is 0.478 e. The molecule has 0 aliphatic rings. The van der Waals surface area contributed by atoms with Gasteiger partial charge < -0.3 is 10.2 Å². The Morgan fingerprint density at radius 2 is 1.58 bits per heavy atom. The maximum absolute atomic E-state index is 12.4. The van der Waals surface area contributed by atoms with E-state index in [9.17, 15) is 28.1 Å². The first-order chi connectivity index (χ1) is 12.0. The van der Waals surface area contributed by atoms with Crippen molar-refractivity contribution < 1.29 is 33.1 Å². The van der Waals surface area contributed by atoms with E-state index in [0.29, 0.717) is 0 Å². The monoisotopic (exact) mass is 400 g/mol. The fourth-order valence-corrected chi connectivity index (χ4v) is 3.24. The van der Waals surface area contributed by atoms with E-state index in [1.54, 1.807) is 0 Å². The average Bonchev–Trinajstić information content (AvgIpc) is 2.55. The number of nitro benzene ring substituents is 1. The molecule has 0 atom stereocenters. The van der Waals surface area contributed by atoms with Gasteiger partial charge in [-0.05, 0) is 30.3 Å². The minimum Gasteiger partial charge on any atom is -0.478 e. The van der Waals surface area contributed by atoms with Gasteiger partial charge in [0.1, 0.15) is 5.02 Å². The van der Waals surface area contributed by atoms with E-state index in [1.807, 2.05) is 4.72 Å². The van der Waals surface area contributed by atoms with Crippen LogP contribution >= 0.6 is 11.6 Å². The van der Waals surface area contributed by atoms with Crippen molar-refractivity contribution in [2.75, 3.05) is 4.72 Å². The van der Waals surface area contributed by atoms with Crippen LogP contribution in [-0.2, 0) is 10.0 Å². The number of hydrogen-bond donors (Lipinski definition) is 3. The number of hydrogen-bond acceptors (Lipinski definition) is 6. The molecule has 12 heteroatoms. The number of sulfonamides is 1. The van der Waals surface area contributed by atoms with Crippen molar-refractivity contribution >= 4 is 44.9 Å². The number of carboxylic acid groups (broad SMARTS) is 2. The molecule has 3 N–H and O–H groups in total. The van der Waals surface area contributed by atoms with Crippen LogP contribution in [0, 0.1) is 10.1 Å². The maximum Gasteiger partial charge on any atom is 0.335 e. The molecule has 0 bridgehead atoms. The number of anilines is 1. The summed E-state index contributed by atoms with van der Waals surface area (Å²) < 4.78 is 26.8. The van der Waals surface area contributed by atoms with Gasteiger partial charge >= 0.3 is 11.9 Å². The molecule has 136 valence electrons. The van der Waals surface area contributed by atoms with Gasteiger partial charge in [-0.15, -0.1) is 0 Å². The number of rotatable bonds is 6. The van der Waals surface area contributed by atoms with Crippen molar-refractivity contribution in [2.24, 2.45) is 0 Å². The van der Waals surface area contributed by atoms with Gasteiger partial charge in [-0.3, -0.25) is 14.8 Å². The van der Waals surface area contributed by atoms with E-state index in [4.69, 9.17) is 21.8 Å². The number of carbonyl (C=O) groups is 2. The zero-order valence-electron chi connectivity index (χ0n) is 12.5. The predicted octanol–water partition coefficient (Wildman–Crippen LogP) is 2.45. The number of halogens is 1. The summed E-state index contributed by atoms with van der Waals surface area (Å²) in [5, 5.41) is 28.7. The topological polar surface area (TPSA) is 164 Å². The Labute approximate surface area is 150 Å². The first-order valence-corrected chi connectivity index (χ1v) is 8.46. The van der Waals surface area contributed by atoms with Crippen molar-refractivity contribution in [3.05, 3.63) is 62.7 Å². The predicted molar refractivity (Wildman–Crippen MR) is 89.3 cm³/mol. The van der Waals surface area contributed by atoms with Crippen LogP contribution in [0.25, 0.3) is 0 Å². The Bertz CT molecular complexity index is 1000. The van der Waals surface area contributed by atoms with Crippen molar-refractivity contribution in [2.45, 2.75) is 4.90 Å². The van der Waals surface area contributed by atoms with Crippen molar-refractivity contribution in [1.29, 1.82) is 0 Å². The van der Waals surface area contributed by atoms with Crippen LogP contribution in [0.4, 0.5) is 11.4 Å². The molecule has 0 saturated heterocycles. The highest BCUT2D eigenvalue weighted by molar-refractivity contribution is 7.92. The van der Waals surface area contributed by atoms with Crippen LogP contribution in [-0.4, -0.2) is 35.5 Å². The number of nitro groups is 1. The molecular formula is C14H9ClN2O8S. The summed E-state index contributed by atoms with van der Waals surface area (Å²) in [7, 11) is -4.42. The van der Waals surface area contributed by atoms with Gasteiger partial charge in [-0.25, -0.2) is 18.0 Å². The molecule has 0 fully saturated rings. The lowest BCUT2D eigenvalue weighted by Gasteiger charge is -2.10. The summed E-state index contributed by atoms with van der Waals surface area (Å²) in [4.78, 5) is 31.6. The first-order valence-electron chi connectivity index (χ1n) is 6.59. The van der Waals surface area contributed by atoms with Gasteiger partial charge in [0.2, 0.25) is 0 Å². The molecule has 2 aromatic rings. The number of nitrogens with zero attached hydrogens (tertiary/aromatic N) is 1. The second kappa shape index (κ2) is 6.98. The van der Waals surface area contributed by atoms with Gasteiger partial charge in [-0.2, -0.15) is 0 Å². The van der Waals surface area contributed by atoms with Gasteiger partial charge in [0.25, 0.3) is 15.7 Å². The average molecular weight is 401 g/mol. The van der Waals surface area contributed by atoms with Crippen LogP contribution in [0.3, 0.4) is 0 Å². The molecule has 0 heterocycles. The second-order valence-electron chi connectivity index (χ2n) is 4.89. The lowest BCUT2D eigenvalue weighted by molar-refractivity contribution is -0.384. The van der Waals surface area contributed by atoms with E-state index >= 15 is 0 Å². The van der Waals surface area contributed by atoms with Crippen molar-refractivity contribution in [1.82, 2.24) is 0 Å². The van der Waals surface area contributed by atoms with Gasteiger partial charge in [-0.1, -0.05) is 11.6 Å². The Morgan fingerprint density at radius 1 is 1.04 bits per heavy atom. The molecule has 0 saturated carbocycles. The summed E-state index contributed by atoms with van der Waals surface area (Å²) in [6.07, 6.45) is 0. The summed E-state index contributed by atoms with van der Waals surface area (Å²) in [6, 6.07) is 5.47. The summed E-state index contributed by atoms with van der Waals surface area (Å²) >= 11 is 5.64. The summed E-state index contributed by atoms with van der Waals surface area (Å²) in [6.45, 7) is 0. The van der Waals surface area contributed by atoms with Crippen LogP contribution in [0.15, 0.2) is 41.3 Å². The zero-order chi connectivity index (χ0) is 19.6. The fourth-order valence-electron chi connectivity index (χ4n) is 1.93. The standard InChI is InChI=1S/C14H9ClN2O8S/c15-11-2-1-9(6-12(11)17(22)23)16-26(24,25)10-4-7(13(18)19)3-8(5-10)14(20)21/h1-6,16H,(H,18,19)(H,20,21). The van der Waals surface area contributed by atoms with Crippen LogP contribution < -0.4 is 4.72 Å². The quantitative estimate of drug-likeness (QED) is 0.491. The zero-order valence-corrected chi connectivity index (χ0v) is 14.1. The van der Waals surface area contributed by atoms with E-state index in [2.05, 4.69) is 0 Å². The number of aromatic carboxylic acids is 2. The first kappa shape index (κ1) is 19.1. The van der Waals surface area contributed by atoms with Crippen LogP contribution in [0.2, 0.25) is 5.02 Å². The Kier molecular flexibility index (Phi) is 5.14. The van der Waals surface area contributed by atoms with Gasteiger partial charge in [0.05, 0.1) is 26.6 Å². The maximum atomic E-state index is 12.4. The molecule has 0 aliphatic carbocycles. The third-order valence-corrected chi connectivity index (χ3v) is 4.79. The second-order valence-corrected chi connectivity index (χ2v) is 6.97. The fraction of sp³-hybridized carbons (Fsp3) is 0. The van der Waals surface area contributed by atoms with E-state index < -0.39 is 48.6 Å². The molecule has 2 rings (SSSR count). The Hall–Kier alpha value is -3.18. The highest BCUT2D eigenvalue weighted by Crippen LogP contribution is 2.29. The molecule has 2 aromatic carbocycles. The molecule has 0 aliphatic heterocycles. The highest BCUT2D eigenvalue weighted by atomic mass is 35.5. The van der Waals surface area contributed by atoms with Crippen molar-refractivity contribution in [3.8, 4) is 0 Å². The van der Waals surface area contributed by atoms with Gasteiger partial charge in [0, 0.05) is 6.07 Å². The molecule has 0 spiro atoms. The lowest BCUT2D eigenvalue weighted by atomic mass is 10.1. The summed E-state index contributed by atoms with van der Waals surface area (Å²) in [5.74, 6) is -3.04. The Morgan fingerprint density at radius 3 is 2.04 bits per heavy atom. The summed E-state index contributed by atoms with van der Waals surface area (Å²) in [5.41, 5.74) is -1.85. The lowest BCUT2D eigenvalue weighted by Crippen LogP contribution is -2.15. The Balaban J connectivity index is 2.51. The van der Waals surface area contributed by atoms with Crippen LogP contribution in [0.5, 0.6) is 0 Å². The number of carboxylic acids is 2.